The standard InChI is InChI=1S/C22H45NO5Si/c1-20(2,3)18-17(23(19(25)26)22(7,8)28-18)14-16(12-11-13-24)15-27-29(9,10)21(4,5)6/h16-18,24H,11-15H2,1-10H3,(H,25,26). The maximum absolute atomic E-state index is 12.1. The third kappa shape index (κ3) is 6.67. The molecule has 29 heavy (non-hydrogen) atoms. The van der Waals surface area contributed by atoms with Crippen molar-refractivity contribution in [2.75, 3.05) is 13.2 Å². The first-order valence-electron chi connectivity index (χ1n) is 10.9. The Kier molecular flexibility index (Phi) is 8.42. The molecule has 0 aromatic carbocycles. The van der Waals surface area contributed by atoms with E-state index in [-0.39, 0.29) is 35.1 Å². The van der Waals surface area contributed by atoms with Gasteiger partial charge in [0.25, 0.3) is 0 Å². The molecule has 1 saturated heterocycles. The summed E-state index contributed by atoms with van der Waals surface area (Å²) in [6, 6.07) is -0.241. The van der Waals surface area contributed by atoms with Gasteiger partial charge in [-0.3, -0.25) is 4.90 Å². The summed E-state index contributed by atoms with van der Waals surface area (Å²) in [4.78, 5) is 13.6. The number of rotatable bonds is 8. The van der Waals surface area contributed by atoms with Crippen LogP contribution in [0.1, 0.15) is 74.7 Å². The number of nitrogens with zero attached hydrogens (tertiary/aromatic N) is 1. The summed E-state index contributed by atoms with van der Waals surface area (Å²) >= 11 is 0. The van der Waals surface area contributed by atoms with Gasteiger partial charge in [-0.1, -0.05) is 41.5 Å². The second-order valence-corrected chi connectivity index (χ2v) is 16.4. The molecule has 0 spiro atoms. The van der Waals surface area contributed by atoms with E-state index in [0.29, 0.717) is 19.4 Å². The van der Waals surface area contributed by atoms with Crippen LogP contribution in [-0.2, 0) is 9.16 Å². The zero-order valence-electron chi connectivity index (χ0n) is 20.3. The zero-order valence-corrected chi connectivity index (χ0v) is 21.3. The van der Waals surface area contributed by atoms with Crippen molar-refractivity contribution in [1.82, 2.24) is 4.90 Å². The minimum atomic E-state index is -1.91. The molecule has 1 fully saturated rings. The smallest absolute Gasteiger partial charge is 0.409 e. The Bertz CT molecular complexity index is 550. The summed E-state index contributed by atoms with van der Waals surface area (Å²) in [5.74, 6) is 0.172. The predicted octanol–water partition coefficient (Wildman–Crippen LogP) is 5.32. The first-order valence-corrected chi connectivity index (χ1v) is 13.8. The molecule has 0 aliphatic carbocycles. The van der Waals surface area contributed by atoms with Crippen LogP contribution in [0.4, 0.5) is 4.79 Å². The number of ether oxygens (including phenoxy) is 1. The molecule has 1 aliphatic heterocycles. The van der Waals surface area contributed by atoms with Gasteiger partial charge in [0.2, 0.25) is 0 Å². The molecule has 0 saturated carbocycles. The fourth-order valence-electron chi connectivity index (χ4n) is 3.87. The fraction of sp³-hybridized carbons (Fsp3) is 0.955. The zero-order chi connectivity index (χ0) is 22.8. The summed E-state index contributed by atoms with van der Waals surface area (Å²) in [5.41, 5.74) is -1.05. The highest BCUT2D eigenvalue weighted by atomic mass is 28.4. The Morgan fingerprint density at radius 1 is 1.21 bits per heavy atom. The molecular weight excluding hydrogens is 386 g/mol. The van der Waals surface area contributed by atoms with Crippen molar-refractivity contribution in [2.45, 2.75) is 111 Å². The fourth-order valence-corrected chi connectivity index (χ4v) is 4.95. The van der Waals surface area contributed by atoms with E-state index >= 15 is 0 Å². The maximum Gasteiger partial charge on any atom is 0.409 e. The van der Waals surface area contributed by atoms with Crippen molar-refractivity contribution in [2.24, 2.45) is 11.3 Å². The lowest BCUT2D eigenvalue weighted by atomic mass is 9.81. The van der Waals surface area contributed by atoms with Crippen LogP contribution in [0.3, 0.4) is 0 Å². The third-order valence-electron chi connectivity index (χ3n) is 6.57. The van der Waals surface area contributed by atoms with E-state index < -0.39 is 20.1 Å². The lowest BCUT2D eigenvalue weighted by Crippen LogP contribution is -2.50. The van der Waals surface area contributed by atoms with Crippen LogP contribution in [0, 0.1) is 11.3 Å². The van der Waals surface area contributed by atoms with Crippen molar-refractivity contribution in [1.29, 1.82) is 0 Å². The van der Waals surface area contributed by atoms with E-state index in [2.05, 4.69) is 54.6 Å². The highest BCUT2D eigenvalue weighted by Gasteiger charge is 2.54. The van der Waals surface area contributed by atoms with Gasteiger partial charge in [-0.25, -0.2) is 4.79 Å². The molecule has 2 N–H and O–H groups in total. The summed E-state index contributed by atoms with van der Waals surface area (Å²) in [5, 5.41) is 19.4. The van der Waals surface area contributed by atoms with Crippen LogP contribution in [0.15, 0.2) is 0 Å². The Hall–Kier alpha value is -0.633. The molecule has 172 valence electrons. The van der Waals surface area contributed by atoms with Gasteiger partial charge in [0.15, 0.2) is 8.32 Å². The summed E-state index contributed by atoms with van der Waals surface area (Å²) in [6.07, 6.45) is 1.03. The second-order valence-electron chi connectivity index (χ2n) is 11.6. The summed E-state index contributed by atoms with van der Waals surface area (Å²) in [7, 11) is -1.91. The van der Waals surface area contributed by atoms with E-state index in [4.69, 9.17) is 9.16 Å². The number of carboxylic acid groups (broad SMARTS) is 1. The van der Waals surface area contributed by atoms with Gasteiger partial charge in [-0.05, 0) is 62.6 Å². The van der Waals surface area contributed by atoms with Gasteiger partial charge in [0.05, 0.1) is 12.1 Å². The largest absolute Gasteiger partial charge is 0.465 e. The van der Waals surface area contributed by atoms with Crippen LogP contribution in [0.5, 0.6) is 0 Å². The Morgan fingerprint density at radius 3 is 2.17 bits per heavy atom. The van der Waals surface area contributed by atoms with Crippen molar-refractivity contribution >= 4 is 14.4 Å². The number of hydrogen-bond donors (Lipinski definition) is 2. The Labute approximate surface area is 179 Å². The second kappa shape index (κ2) is 9.24. The van der Waals surface area contributed by atoms with E-state index in [1.165, 1.54) is 4.90 Å². The molecular formula is C22H45NO5Si. The molecule has 1 rings (SSSR count). The van der Waals surface area contributed by atoms with Gasteiger partial charge in [0, 0.05) is 13.2 Å². The molecule has 3 atom stereocenters. The summed E-state index contributed by atoms with van der Waals surface area (Å²) in [6.45, 7) is 21.8. The highest BCUT2D eigenvalue weighted by molar-refractivity contribution is 6.74. The normalized spacial score (nSPS) is 24.0. The van der Waals surface area contributed by atoms with Crippen LogP contribution in [-0.4, -0.2) is 60.6 Å². The first-order chi connectivity index (χ1) is 12.9. The Morgan fingerprint density at radius 2 is 1.76 bits per heavy atom. The molecule has 3 unspecified atom stereocenters. The van der Waals surface area contributed by atoms with Crippen molar-refractivity contribution in [3.05, 3.63) is 0 Å². The number of hydrogen-bond acceptors (Lipinski definition) is 4. The minimum Gasteiger partial charge on any atom is -0.465 e. The molecule has 1 aliphatic rings. The van der Waals surface area contributed by atoms with Crippen LogP contribution in [0.25, 0.3) is 0 Å². The van der Waals surface area contributed by atoms with Gasteiger partial charge in [0.1, 0.15) is 5.72 Å². The van der Waals surface area contributed by atoms with Gasteiger partial charge < -0.3 is 19.4 Å². The average molecular weight is 432 g/mol. The molecule has 6 nitrogen and oxygen atoms in total. The topological polar surface area (TPSA) is 79.2 Å². The van der Waals surface area contributed by atoms with Crippen molar-refractivity contribution < 1.29 is 24.2 Å². The van der Waals surface area contributed by atoms with E-state index in [1.54, 1.807) is 0 Å². The number of carbonyl (C=O) groups is 1. The molecule has 1 heterocycles. The van der Waals surface area contributed by atoms with Crippen molar-refractivity contribution in [3.63, 3.8) is 0 Å². The summed E-state index contributed by atoms with van der Waals surface area (Å²) < 4.78 is 12.8. The maximum atomic E-state index is 12.1. The SMILES string of the molecule is CC(C)(C)C1OC(C)(C)N(C(=O)O)C1CC(CCCO)CO[Si](C)(C)C(C)(C)C. The van der Waals surface area contributed by atoms with Crippen LogP contribution >= 0.6 is 0 Å². The average Bonchev–Trinajstić information content (AvgIpc) is 2.79. The Balaban J connectivity index is 3.11. The molecule has 0 bridgehead atoms. The minimum absolute atomic E-state index is 0.119. The number of aliphatic hydroxyl groups excluding tert-OH is 1. The van der Waals surface area contributed by atoms with Gasteiger partial charge in [-0.2, -0.15) is 0 Å². The lowest BCUT2D eigenvalue weighted by Gasteiger charge is -2.39. The third-order valence-corrected chi connectivity index (χ3v) is 11.1. The molecule has 7 heteroatoms. The quantitative estimate of drug-likeness (QED) is 0.509. The van der Waals surface area contributed by atoms with E-state index in [9.17, 15) is 15.0 Å². The molecule has 0 aromatic rings. The first kappa shape index (κ1) is 26.4. The predicted molar refractivity (Wildman–Crippen MR) is 120 cm³/mol. The van der Waals surface area contributed by atoms with Crippen LogP contribution < -0.4 is 0 Å². The monoisotopic (exact) mass is 431 g/mol. The molecule has 0 radical (unpaired) electrons. The van der Waals surface area contributed by atoms with Gasteiger partial charge >= 0.3 is 6.09 Å². The molecule has 0 aromatic heterocycles. The van der Waals surface area contributed by atoms with Crippen molar-refractivity contribution in [3.8, 4) is 0 Å². The van der Waals surface area contributed by atoms with E-state index in [1.807, 2.05) is 13.8 Å². The molecule has 1 amide bonds. The van der Waals surface area contributed by atoms with Crippen LogP contribution in [0.2, 0.25) is 18.1 Å². The van der Waals surface area contributed by atoms with Gasteiger partial charge in [-0.15, -0.1) is 0 Å². The lowest BCUT2D eigenvalue weighted by molar-refractivity contribution is -0.0925. The number of aliphatic hydroxyl groups is 1. The highest BCUT2D eigenvalue weighted by Crippen LogP contribution is 2.43. The number of amides is 1. The van der Waals surface area contributed by atoms with E-state index in [0.717, 1.165) is 6.42 Å².